The van der Waals surface area contributed by atoms with Gasteiger partial charge in [-0.25, -0.2) is 0 Å². The molecule has 0 saturated carbocycles. The van der Waals surface area contributed by atoms with Gasteiger partial charge in [0, 0.05) is 19.3 Å². The van der Waals surface area contributed by atoms with Crippen molar-refractivity contribution in [2.24, 2.45) is 0 Å². The largest absolute Gasteiger partial charge is 0.374 e. The van der Waals surface area contributed by atoms with Crippen LogP contribution in [-0.2, 0) is 22.4 Å². The van der Waals surface area contributed by atoms with Crippen LogP contribution in [0.1, 0.15) is 17.5 Å². The molecule has 1 aliphatic heterocycles. The zero-order valence-electron chi connectivity index (χ0n) is 9.11. The van der Waals surface area contributed by atoms with Gasteiger partial charge in [-0.3, -0.25) is 0 Å². The maximum atomic E-state index is 12.5. The first-order valence-corrected chi connectivity index (χ1v) is 6.76. The standard InChI is InChI=1S/C11H14FNO2S/c1-13-6-2-3-10-7-9(4-5-11(10)13)8-16(12,14)15/h4-5,7H,2-3,6,8H2,1H3. The van der Waals surface area contributed by atoms with Gasteiger partial charge in [0.2, 0.25) is 0 Å². The number of hydrogen-bond donors (Lipinski definition) is 0. The highest BCUT2D eigenvalue weighted by molar-refractivity contribution is 7.85. The van der Waals surface area contributed by atoms with Crippen LogP contribution in [0, 0.1) is 0 Å². The highest BCUT2D eigenvalue weighted by Gasteiger charge is 2.15. The van der Waals surface area contributed by atoms with Crippen molar-refractivity contribution in [1.29, 1.82) is 0 Å². The van der Waals surface area contributed by atoms with E-state index in [2.05, 4.69) is 4.90 Å². The minimum absolute atomic E-state index is 0.524. The van der Waals surface area contributed by atoms with Gasteiger partial charge in [-0.15, -0.1) is 3.89 Å². The van der Waals surface area contributed by atoms with E-state index in [4.69, 9.17) is 0 Å². The van der Waals surface area contributed by atoms with Crippen molar-refractivity contribution in [3.8, 4) is 0 Å². The van der Waals surface area contributed by atoms with Crippen molar-refractivity contribution in [2.45, 2.75) is 18.6 Å². The third-order valence-electron chi connectivity index (χ3n) is 2.83. The Labute approximate surface area is 95.1 Å². The molecule has 0 aromatic heterocycles. The summed E-state index contributed by atoms with van der Waals surface area (Å²) in [6.45, 7) is 1.01. The molecule has 0 saturated heterocycles. The van der Waals surface area contributed by atoms with Crippen molar-refractivity contribution < 1.29 is 12.3 Å². The van der Waals surface area contributed by atoms with Crippen molar-refractivity contribution in [1.82, 2.24) is 0 Å². The van der Waals surface area contributed by atoms with Gasteiger partial charge < -0.3 is 4.90 Å². The summed E-state index contributed by atoms with van der Waals surface area (Å²) in [5.74, 6) is -0.524. The number of nitrogens with zero attached hydrogens (tertiary/aromatic N) is 1. The van der Waals surface area contributed by atoms with Gasteiger partial charge in [0.25, 0.3) is 0 Å². The first-order chi connectivity index (χ1) is 7.46. The SMILES string of the molecule is CN1CCCc2cc(CS(=O)(=O)F)ccc21. The van der Waals surface area contributed by atoms with Crippen molar-refractivity contribution >= 4 is 15.9 Å². The van der Waals surface area contributed by atoms with Gasteiger partial charge in [0.05, 0.1) is 0 Å². The van der Waals surface area contributed by atoms with Gasteiger partial charge in [0.1, 0.15) is 5.75 Å². The van der Waals surface area contributed by atoms with Gasteiger partial charge in [-0.1, -0.05) is 12.1 Å². The quantitative estimate of drug-likeness (QED) is 0.744. The highest BCUT2D eigenvalue weighted by atomic mass is 32.3. The van der Waals surface area contributed by atoms with E-state index in [0.717, 1.165) is 30.6 Å². The first kappa shape index (κ1) is 11.4. The highest BCUT2D eigenvalue weighted by Crippen LogP contribution is 2.27. The Balaban J connectivity index is 2.32. The fraction of sp³-hybridized carbons (Fsp3) is 0.455. The lowest BCUT2D eigenvalue weighted by atomic mass is 10.0. The smallest absolute Gasteiger partial charge is 0.306 e. The maximum Gasteiger partial charge on any atom is 0.306 e. The van der Waals surface area contributed by atoms with E-state index in [1.165, 1.54) is 0 Å². The number of benzene rings is 1. The van der Waals surface area contributed by atoms with Crippen molar-refractivity contribution in [3.05, 3.63) is 29.3 Å². The molecule has 5 heteroatoms. The number of halogens is 1. The molecule has 0 aliphatic carbocycles. The average Bonchev–Trinajstić information content (AvgIpc) is 2.15. The second-order valence-corrected chi connectivity index (χ2v) is 5.54. The van der Waals surface area contributed by atoms with Gasteiger partial charge in [0.15, 0.2) is 0 Å². The molecule has 0 atom stereocenters. The fourth-order valence-corrected chi connectivity index (χ4v) is 2.71. The third kappa shape index (κ3) is 2.52. The van der Waals surface area contributed by atoms with Gasteiger partial charge >= 0.3 is 10.2 Å². The molecule has 3 nitrogen and oxygen atoms in total. The second kappa shape index (κ2) is 4.05. The Morgan fingerprint density at radius 3 is 2.88 bits per heavy atom. The Morgan fingerprint density at radius 1 is 1.44 bits per heavy atom. The molecule has 0 radical (unpaired) electrons. The molecule has 16 heavy (non-hydrogen) atoms. The van der Waals surface area contributed by atoms with E-state index in [9.17, 15) is 12.3 Å². The number of aryl methyl sites for hydroxylation is 1. The van der Waals surface area contributed by atoms with Gasteiger partial charge in [-0.05, 0) is 30.0 Å². The molecule has 88 valence electrons. The summed E-state index contributed by atoms with van der Waals surface area (Å²) < 4.78 is 33.7. The van der Waals surface area contributed by atoms with Crippen LogP contribution in [0.15, 0.2) is 18.2 Å². The molecule has 1 aromatic rings. The van der Waals surface area contributed by atoms with E-state index in [0.29, 0.717) is 5.56 Å². The van der Waals surface area contributed by atoms with Gasteiger partial charge in [-0.2, -0.15) is 8.42 Å². The number of fused-ring (bicyclic) bond motifs is 1. The number of hydrogen-bond acceptors (Lipinski definition) is 3. The summed E-state index contributed by atoms with van der Waals surface area (Å²) in [6.07, 6.45) is 1.98. The lowest BCUT2D eigenvalue weighted by Crippen LogP contribution is -2.24. The molecule has 0 N–H and O–H groups in total. The van der Waals surface area contributed by atoms with Crippen LogP contribution < -0.4 is 4.90 Å². The van der Waals surface area contributed by atoms with E-state index >= 15 is 0 Å². The molecular formula is C11H14FNO2S. The second-order valence-electron chi connectivity index (χ2n) is 4.17. The van der Waals surface area contributed by atoms with Crippen molar-refractivity contribution in [2.75, 3.05) is 18.5 Å². The molecule has 0 unspecified atom stereocenters. The topological polar surface area (TPSA) is 37.4 Å². The number of anilines is 1. The molecule has 0 bridgehead atoms. The molecule has 1 heterocycles. The minimum Gasteiger partial charge on any atom is -0.374 e. The van der Waals surface area contributed by atoms with E-state index in [-0.39, 0.29) is 0 Å². The number of rotatable bonds is 2. The molecular weight excluding hydrogens is 229 g/mol. The first-order valence-electron chi connectivity index (χ1n) is 5.21. The monoisotopic (exact) mass is 243 g/mol. The summed E-state index contributed by atoms with van der Waals surface area (Å²) >= 11 is 0. The van der Waals surface area contributed by atoms with E-state index in [1.54, 1.807) is 12.1 Å². The molecule has 0 fully saturated rings. The molecule has 1 aliphatic rings. The Hall–Kier alpha value is -1.10. The summed E-state index contributed by atoms with van der Waals surface area (Å²) in [4.78, 5) is 2.13. The lowest BCUT2D eigenvalue weighted by molar-refractivity contribution is 0.551. The van der Waals surface area contributed by atoms with Crippen LogP contribution in [0.2, 0.25) is 0 Å². The summed E-state index contributed by atoms with van der Waals surface area (Å²) in [7, 11) is -2.43. The normalized spacial score (nSPS) is 16.0. The van der Waals surface area contributed by atoms with Crippen LogP contribution in [0.4, 0.5) is 9.57 Å². The van der Waals surface area contributed by atoms with E-state index in [1.807, 2.05) is 13.1 Å². The van der Waals surface area contributed by atoms with Crippen LogP contribution in [0.3, 0.4) is 0 Å². The molecule has 1 aromatic carbocycles. The van der Waals surface area contributed by atoms with E-state index < -0.39 is 16.0 Å². The fourth-order valence-electron chi connectivity index (χ4n) is 2.13. The Kier molecular flexibility index (Phi) is 2.88. The zero-order chi connectivity index (χ0) is 11.8. The summed E-state index contributed by atoms with van der Waals surface area (Å²) in [5.41, 5.74) is 2.75. The van der Waals surface area contributed by atoms with Crippen LogP contribution >= 0.6 is 0 Å². The van der Waals surface area contributed by atoms with Crippen LogP contribution in [0.5, 0.6) is 0 Å². The van der Waals surface area contributed by atoms with Crippen LogP contribution in [-0.4, -0.2) is 22.0 Å². The lowest BCUT2D eigenvalue weighted by Gasteiger charge is -2.27. The van der Waals surface area contributed by atoms with Crippen LogP contribution in [0.25, 0.3) is 0 Å². The third-order valence-corrected chi connectivity index (χ3v) is 3.51. The predicted molar refractivity (Wildman–Crippen MR) is 61.8 cm³/mol. The molecule has 2 rings (SSSR count). The van der Waals surface area contributed by atoms with Crippen molar-refractivity contribution in [3.63, 3.8) is 0 Å². The molecule has 0 spiro atoms. The molecule has 0 amide bonds. The minimum atomic E-state index is -4.43. The zero-order valence-corrected chi connectivity index (χ0v) is 9.93. The predicted octanol–water partition coefficient (Wildman–Crippen LogP) is 1.87. The average molecular weight is 243 g/mol. The Morgan fingerprint density at radius 2 is 2.19 bits per heavy atom. The maximum absolute atomic E-state index is 12.5. The summed E-state index contributed by atoms with van der Waals surface area (Å²) in [5, 5.41) is 0. The Bertz CT molecular complexity index is 499. The summed E-state index contributed by atoms with van der Waals surface area (Å²) in [6, 6.07) is 5.34.